The Kier molecular flexibility index (Phi) is 4.13. The maximum Gasteiger partial charge on any atom is 0.271 e. The number of hydrazone groups is 1. The van der Waals surface area contributed by atoms with Crippen molar-refractivity contribution < 1.29 is 14.1 Å². The Hall–Kier alpha value is -2.96. The lowest BCUT2D eigenvalue weighted by Gasteiger charge is -1.99. The van der Waals surface area contributed by atoms with E-state index < -0.39 is 10.8 Å². The van der Waals surface area contributed by atoms with Crippen molar-refractivity contribution in [3.8, 4) is 0 Å². The Labute approximate surface area is 120 Å². The van der Waals surface area contributed by atoms with Crippen molar-refractivity contribution in [2.45, 2.75) is 13.8 Å². The zero-order valence-corrected chi connectivity index (χ0v) is 11.5. The van der Waals surface area contributed by atoms with E-state index in [0.717, 1.165) is 11.3 Å². The van der Waals surface area contributed by atoms with Gasteiger partial charge in [0.25, 0.3) is 11.6 Å². The zero-order chi connectivity index (χ0) is 15.4. The van der Waals surface area contributed by atoms with Crippen molar-refractivity contribution in [2.24, 2.45) is 5.10 Å². The van der Waals surface area contributed by atoms with E-state index in [-0.39, 0.29) is 11.3 Å². The minimum atomic E-state index is -0.524. The van der Waals surface area contributed by atoms with Gasteiger partial charge in [-0.3, -0.25) is 14.9 Å². The molecule has 0 saturated carbocycles. The van der Waals surface area contributed by atoms with E-state index >= 15 is 0 Å². The zero-order valence-electron chi connectivity index (χ0n) is 11.5. The molecule has 1 amide bonds. The number of furan rings is 1. The number of nitrogens with zero attached hydrogens (tertiary/aromatic N) is 2. The first-order valence-electron chi connectivity index (χ1n) is 6.12. The largest absolute Gasteiger partial charge is 0.466 e. The van der Waals surface area contributed by atoms with Gasteiger partial charge < -0.3 is 4.42 Å². The van der Waals surface area contributed by atoms with Gasteiger partial charge in [-0.25, -0.2) is 5.43 Å². The van der Waals surface area contributed by atoms with Crippen molar-refractivity contribution in [3.63, 3.8) is 0 Å². The minimum absolute atomic E-state index is 0.0699. The lowest BCUT2D eigenvalue weighted by atomic mass is 10.2. The van der Waals surface area contributed by atoms with Crippen LogP contribution in [0.5, 0.6) is 0 Å². The van der Waals surface area contributed by atoms with E-state index in [4.69, 9.17) is 4.42 Å². The number of aryl methyl sites for hydroxylation is 2. The van der Waals surface area contributed by atoms with Gasteiger partial charge in [0, 0.05) is 23.3 Å². The predicted molar refractivity (Wildman–Crippen MR) is 76.3 cm³/mol. The van der Waals surface area contributed by atoms with E-state index in [1.165, 1.54) is 30.5 Å². The number of benzene rings is 1. The Balaban J connectivity index is 2.01. The molecule has 21 heavy (non-hydrogen) atoms. The summed E-state index contributed by atoms with van der Waals surface area (Å²) in [6.45, 7) is 3.62. The molecular formula is C14H13N3O4. The fraction of sp³-hybridized carbons (Fsp3) is 0.143. The molecule has 0 atom stereocenters. The maximum atomic E-state index is 11.8. The number of nitrogens with one attached hydrogen (secondary N) is 1. The number of non-ortho nitro benzene ring substituents is 1. The highest BCUT2D eigenvalue weighted by atomic mass is 16.6. The molecule has 108 valence electrons. The smallest absolute Gasteiger partial charge is 0.271 e. The van der Waals surface area contributed by atoms with Gasteiger partial charge in [0.2, 0.25) is 0 Å². The van der Waals surface area contributed by atoms with Crippen LogP contribution >= 0.6 is 0 Å². The van der Waals surface area contributed by atoms with Crippen molar-refractivity contribution in [1.29, 1.82) is 0 Å². The first-order chi connectivity index (χ1) is 9.97. The van der Waals surface area contributed by atoms with Gasteiger partial charge in [-0.05, 0) is 32.0 Å². The third-order valence-electron chi connectivity index (χ3n) is 2.79. The van der Waals surface area contributed by atoms with E-state index in [1.54, 1.807) is 13.0 Å². The summed E-state index contributed by atoms with van der Waals surface area (Å²) in [6, 6.07) is 7.08. The van der Waals surface area contributed by atoms with Crippen molar-refractivity contribution in [3.05, 3.63) is 63.1 Å². The van der Waals surface area contributed by atoms with Crippen LogP contribution in [0.2, 0.25) is 0 Å². The van der Waals surface area contributed by atoms with E-state index in [9.17, 15) is 14.9 Å². The molecule has 1 aromatic heterocycles. The molecular weight excluding hydrogens is 274 g/mol. The molecule has 1 heterocycles. The summed E-state index contributed by atoms with van der Waals surface area (Å²) in [5.74, 6) is 1.02. The third-order valence-corrected chi connectivity index (χ3v) is 2.79. The lowest BCUT2D eigenvalue weighted by molar-refractivity contribution is -0.384. The summed E-state index contributed by atoms with van der Waals surface area (Å²) in [4.78, 5) is 21.8. The van der Waals surface area contributed by atoms with Crippen LogP contribution in [0, 0.1) is 24.0 Å². The molecule has 0 spiro atoms. The van der Waals surface area contributed by atoms with Gasteiger partial charge in [0.15, 0.2) is 0 Å². The molecule has 2 rings (SSSR count). The Morgan fingerprint density at radius 1 is 1.33 bits per heavy atom. The fourth-order valence-electron chi connectivity index (χ4n) is 1.74. The number of rotatable bonds is 4. The first kappa shape index (κ1) is 14.4. The molecule has 0 aliphatic carbocycles. The Morgan fingerprint density at radius 2 is 2.00 bits per heavy atom. The standard InChI is InChI=1S/C14H13N3O4/c1-9-7-12(10(2)21-9)8-15-16-14(18)11-3-5-13(6-4-11)17(19)20/h3-8H,1-2H3,(H,16,18)/b15-8+. The van der Waals surface area contributed by atoms with Crippen LogP contribution in [-0.4, -0.2) is 17.0 Å². The van der Waals surface area contributed by atoms with Gasteiger partial charge in [0.05, 0.1) is 11.1 Å². The monoisotopic (exact) mass is 287 g/mol. The molecule has 1 N–H and O–H groups in total. The van der Waals surface area contributed by atoms with Crippen molar-refractivity contribution in [1.82, 2.24) is 5.43 Å². The highest BCUT2D eigenvalue weighted by Gasteiger charge is 2.08. The summed E-state index contributed by atoms with van der Waals surface area (Å²) in [5.41, 5.74) is 3.35. The van der Waals surface area contributed by atoms with Crippen LogP contribution in [0.25, 0.3) is 0 Å². The van der Waals surface area contributed by atoms with Gasteiger partial charge in [-0.2, -0.15) is 5.10 Å². The summed E-state index contributed by atoms with van der Waals surface area (Å²) >= 11 is 0. The first-order valence-corrected chi connectivity index (χ1v) is 6.12. The van der Waals surface area contributed by atoms with Crippen LogP contribution in [-0.2, 0) is 0 Å². The van der Waals surface area contributed by atoms with Gasteiger partial charge in [-0.1, -0.05) is 0 Å². The predicted octanol–water partition coefficient (Wildman–Crippen LogP) is 2.57. The molecule has 1 aromatic carbocycles. The number of amides is 1. The minimum Gasteiger partial charge on any atom is -0.466 e. The summed E-state index contributed by atoms with van der Waals surface area (Å²) in [5, 5.41) is 14.3. The molecule has 0 radical (unpaired) electrons. The molecule has 0 saturated heterocycles. The Morgan fingerprint density at radius 3 is 2.52 bits per heavy atom. The van der Waals surface area contributed by atoms with E-state index in [2.05, 4.69) is 10.5 Å². The van der Waals surface area contributed by atoms with E-state index in [1.807, 2.05) is 6.92 Å². The molecule has 0 fully saturated rings. The molecule has 0 unspecified atom stereocenters. The number of carbonyl (C=O) groups is 1. The molecule has 7 heteroatoms. The lowest BCUT2D eigenvalue weighted by Crippen LogP contribution is -2.17. The number of carbonyl (C=O) groups excluding carboxylic acids is 1. The molecule has 2 aromatic rings. The second kappa shape index (κ2) is 6.00. The second-order valence-electron chi connectivity index (χ2n) is 4.37. The normalized spacial score (nSPS) is 10.8. The van der Waals surface area contributed by atoms with Crippen molar-refractivity contribution in [2.75, 3.05) is 0 Å². The fourth-order valence-corrected chi connectivity index (χ4v) is 1.74. The number of nitro benzene ring substituents is 1. The van der Waals surface area contributed by atoms with E-state index in [0.29, 0.717) is 5.76 Å². The molecule has 7 nitrogen and oxygen atoms in total. The maximum absolute atomic E-state index is 11.8. The van der Waals surface area contributed by atoms with Crippen LogP contribution in [0.1, 0.15) is 27.4 Å². The van der Waals surface area contributed by atoms with Crippen LogP contribution in [0.3, 0.4) is 0 Å². The average Bonchev–Trinajstić information content (AvgIpc) is 2.77. The number of hydrogen-bond acceptors (Lipinski definition) is 5. The Bertz CT molecular complexity index is 702. The third kappa shape index (κ3) is 3.53. The molecule has 0 aliphatic heterocycles. The highest BCUT2D eigenvalue weighted by molar-refractivity contribution is 5.95. The summed E-state index contributed by atoms with van der Waals surface area (Å²) in [7, 11) is 0. The van der Waals surface area contributed by atoms with Gasteiger partial charge in [-0.15, -0.1) is 0 Å². The SMILES string of the molecule is Cc1cc(/C=N/NC(=O)c2ccc([N+](=O)[O-])cc2)c(C)o1. The van der Waals surface area contributed by atoms with Gasteiger partial charge >= 0.3 is 0 Å². The highest BCUT2D eigenvalue weighted by Crippen LogP contribution is 2.12. The van der Waals surface area contributed by atoms with Crippen LogP contribution in [0.15, 0.2) is 39.9 Å². The second-order valence-corrected chi connectivity index (χ2v) is 4.37. The summed E-state index contributed by atoms with van der Waals surface area (Å²) in [6.07, 6.45) is 1.48. The van der Waals surface area contributed by atoms with Crippen LogP contribution in [0.4, 0.5) is 5.69 Å². The topological polar surface area (TPSA) is 97.7 Å². The van der Waals surface area contributed by atoms with Crippen molar-refractivity contribution >= 4 is 17.8 Å². The van der Waals surface area contributed by atoms with Crippen LogP contribution < -0.4 is 5.43 Å². The molecule has 0 aliphatic rings. The number of hydrogen-bond donors (Lipinski definition) is 1. The quantitative estimate of drug-likeness (QED) is 0.530. The number of nitro groups is 1. The average molecular weight is 287 g/mol. The molecule has 0 bridgehead atoms. The summed E-state index contributed by atoms with van der Waals surface area (Å²) < 4.78 is 5.32. The van der Waals surface area contributed by atoms with Gasteiger partial charge in [0.1, 0.15) is 11.5 Å².